The molecule has 0 spiro atoms. The molecule has 1 saturated carbocycles. The van der Waals surface area contributed by atoms with Crippen LogP contribution in [0.2, 0.25) is 0 Å². The smallest absolute Gasteiger partial charge is 0.0956 e. The lowest BCUT2D eigenvalue weighted by Gasteiger charge is -2.44. The highest BCUT2D eigenvalue weighted by Crippen LogP contribution is 2.60. The molecular formula is C27H34N2S. The highest BCUT2D eigenvalue weighted by Gasteiger charge is 2.43. The summed E-state index contributed by atoms with van der Waals surface area (Å²) in [6.45, 7) is 10.8. The van der Waals surface area contributed by atoms with Gasteiger partial charge in [-0.3, -0.25) is 0 Å². The van der Waals surface area contributed by atoms with Crippen LogP contribution < -0.4 is 9.80 Å². The van der Waals surface area contributed by atoms with Gasteiger partial charge in [-0.25, -0.2) is 0 Å². The first kappa shape index (κ1) is 19.1. The Morgan fingerprint density at radius 1 is 0.867 bits per heavy atom. The van der Waals surface area contributed by atoms with E-state index in [4.69, 9.17) is 0 Å². The van der Waals surface area contributed by atoms with Crippen molar-refractivity contribution in [1.29, 1.82) is 0 Å². The quantitative estimate of drug-likeness (QED) is 0.467. The molecule has 2 heterocycles. The van der Waals surface area contributed by atoms with Crippen LogP contribution in [0.3, 0.4) is 0 Å². The van der Waals surface area contributed by atoms with E-state index in [1.54, 1.807) is 11.1 Å². The molecule has 1 fully saturated rings. The van der Waals surface area contributed by atoms with Crippen LogP contribution in [-0.2, 0) is 10.8 Å². The molecule has 2 aliphatic heterocycles. The Bertz CT molecular complexity index is 1020. The van der Waals surface area contributed by atoms with Crippen molar-refractivity contribution in [1.82, 2.24) is 0 Å². The number of hydrogen-bond acceptors (Lipinski definition) is 3. The van der Waals surface area contributed by atoms with Gasteiger partial charge in [-0.2, -0.15) is 0 Å². The summed E-state index contributed by atoms with van der Waals surface area (Å²) in [5.74, 6) is 0. The minimum absolute atomic E-state index is 0.237. The van der Waals surface area contributed by atoms with E-state index in [2.05, 4.69) is 67.8 Å². The van der Waals surface area contributed by atoms with Crippen LogP contribution in [0.25, 0.3) is 0 Å². The number of anilines is 3. The van der Waals surface area contributed by atoms with Crippen molar-refractivity contribution in [3.8, 4) is 0 Å². The monoisotopic (exact) mass is 418 g/mol. The molecule has 0 atom stereocenters. The summed E-state index contributed by atoms with van der Waals surface area (Å²) < 4.78 is 0. The highest BCUT2D eigenvalue weighted by molar-refractivity contribution is 7.99. The zero-order chi connectivity index (χ0) is 20.7. The van der Waals surface area contributed by atoms with Crippen LogP contribution in [0.1, 0.15) is 83.8 Å². The predicted molar refractivity (Wildman–Crippen MR) is 129 cm³/mol. The van der Waals surface area contributed by atoms with E-state index in [1.807, 2.05) is 11.8 Å². The maximum atomic E-state index is 2.72. The van der Waals surface area contributed by atoms with Gasteiger partial charge in [0, 0.05) is 15.8 Å². The molecule has 0 saturated heterocycles. The number of para-hydroxylation sites is 1. The molecule has 3 heteroatoms. The van der Waals surface area contributed by atoms with Gasteiger partial charge in [0.05, 0.1) is 23.7 Å². The highest BCUT2D eigenvalue weighted by atomic mass is 32.2. The van der Waals surface area contributed by atoms with E-state index in [9.17, 15) is 0 Å². The molecule has 2 aromatic carbocycles. The van der Waals surface area contributed by atoms with Crippen LogP contribution in [-0.4, -0.2) is 12.7 Å². The molecule has 0 radical (unpaired) electrons. The SMILES string of the molecule is CC1(C)CCC(C)(C)c2c1ccc1c2Sc2cccc3c2N1CN3C1CCCCC1. The molecule has 158 valence electrons. The predicted octanol–water partition coefficient (Wildman–Crippen LogP) is 7.75. The lowest BCUT2D eigenvalue weighted by Crippen LogP contribution is -2.39. The summed E-state index contributed by atoms with van der Waals surface area (Å²) in [4.78, 5) is 8.34. The van der Waals surface area contributed by atoms with Gasteiger partial charge >= 0.3 is 0 Å². The zero-order valence-electron chi connectivity index (χ0n) is 18.9. The maximum Gasteiger partial charge on any atom is 0.0956 e. The Kier molecular flexibility index (Phi) is 4.11. The summed E-state index contributed by atoms with van der Waals surface area (Å²) in [5, 5.41) is 0. The first-order valence-electron chi connectivity index (χ1n) is 11.9. The Hall–Kier alpha value is -1.61. The second-order valence-electron chi connectivity index (χ2n) is 11.2. The molecule has 0 amide bonds. The standard InChI is InChI=1S/C27H34N2S/c1-26(2)15-16-27(3,4)23-19(26)13-14-21-25(23)30-22-12-8-11-20-24(22)29(21)17-28(20)18-9-6-5-7-10-18/h8,11-14,18H,5-7,9-10,15-17H2,1-4H3. The minimum Gasteiger partial charge on any atom is -0.349 e. The lowest BCUT2D eigenvalue weighted by atomic mass is 9.63. The molecule has 4 aliphatic rings. The van der Waals surface area contributed by atoms with Gasteiger partial charge in [-0.05, 0) is 65.8 Å². The van der Waals surface area contributed by atoms with Gasteiger partial charge in [-0.15, -0.1) is 0 Å². The molecule has 0 aromatic heterocycles. The van der Waals surface area contributed by atoms with Gasteiger partial charge in [-0.1, -0.05) is 70.9 Å². The zero-order valence-corrected chi connectivity index (χ0v) is 19.7. The van der Waals surface area contributed by atoms with E-state index in [1.165, 1.54) is 71.8 Å². The van der Waals surface area contributed by atoms with Crippen LogP contribution >= 0.6 is 11.8 Å². The fourth-order valence-electron chi connectivity index (χ4n) is 6.41. The average Bonchev–Trinajstić information content (AvgIpc) is 3.13. The number of hydrogen-bond donors (Lipinski definition) is 0. The number of fused-ring (bicyclic) bond motifs is 4. The van der Waals surface area contributed by atoms with E-state index < -0.39 is 0 Å². The first-order valence-corrected chi connectivity index (χ1v) is 12.7. The third-order valence-electron chi connectivity index (χ3n) is 8.29. The third kappa shape index (κ3) is 2.63. The molecule has 0 unspecified atom stereocenters. The van der Waals surface area contributed by atoms with E-state index in [-0.39, 0.29) is 10.8 Å². The Morgan fingerprint density at radius 2 is 1.63 bits per heavy atom. The fourth-order valence-corrected chi connectivity index (χ4v) is 7.86. The second-order valence-corrected chi connectivity index (χ2v) is 12.2. The summed E-state index contributed by atoms with van der Waals surface area (Å²) in [6.07, 6.45) is 9.43. The number of benzene rings is 2. The maximum absolute atomic E-state index is 2.72. The first-order chi connectivity index (χ1) is 14.4. The van der Waals surface area contributed by atoms with Crippen molar-refractivity contribution in [2.24, 2.45) is 0 Å². The van der Waals surface area contributed by atoms with Crippen molar-refractivity contribution in [3.63, 3.8) is 0 Å². The Morgan fingerprint density at radius 3 is 2.43 bits per heavy atom. The van der Waals surface area contributed by atoms with E-state index in [0.717, 1.165) is 6.67 Å². The van der Waals surface area contributed by atoms with E-state index >= 15 is 0 Å². The van der Waals surface area contributed by atoms with Crippen LogP contribution in [0.4, 0.5) is 17.1 Å². The Labute approximate surface area is 186 Å². The topological polar surface area (TPSA) is 6.48 Å². The summed E-state index contributed by atoms with van der Waals surface area (Å²) in [5.41, 5.74) is 8.08. The van der Waals surface area contributed by atoms with Crippen LogP contribution in [0.5, 0.6) is 0 Å². The molecule has 0 N–H and O–H groups in total. The van der Waals surface area contributed by atoms with Crippen LogP contribution in [0.15, 0.2) is 40.1 Å². The summed E-state index contributed by atoms with van der Waals surface area (Å²) in [7, 11) is 0. The van der Waals surface area contributed by atoms with Crippen molar-refractivity contribution in [2.45, 2.75) is 99.3 Å². The molecule has 30 heavy (non-hydrogen) atoms. The molecule has 2 aromatic rings. The van der Waals surface area contributed by atoms with Crippen molar-refractivity contribution in [2.75, 3.05) is 16.5 Å². The lowest BCUT2D eigenvalue weighted by molar-refractivity contribution is 0.327. The van der Waals surface area contributed by atoms with Gasteiger partial charge in [0.15, 0.2) is 0 Å². The fraction of sp³-hybridized carbons (Fsp3) is 0.556. The second kappa shape index (κ2) is 6.45. The molecular weight excluding hydrogens is 384 g/mol. The van der Waals surface area contributed by atoms with Crippen LogP contribution in [0, 0.1) is 0 Å². The molecule has 2 aliphatic carbocycles. The number of rotatable bonds is 1. The van der Waals surface area contributed by atoms with Gasteiger partial charge in [0.25, 0.3) is 0 Å². The largest absolute Gasteiger partial charge is 0.349 e. The summed E-state index contributed by atoms with van der Waals surface area (Å²) >= 11 is 2.04. The minimum atomic E-state index is 0.237. The number of nitrogens with zero attached hydrogens (tertiary/aromatic N) is 2. The Balaban J connectivity index is 1.51. The van der Waals surface area contributed by atoms with Crippen molar-refractivity contribution < 1.29 is 0 Å². The van der Waals surface area contributed by atoms with Crippen molar-refractivity contribution >= 4 is 28.8 Å². The van der Waals surface area contributed by atoms with E-state index in [0.29, 0.717) is 6.04 Å². The molecule has 2 nitrogen and oxygen atoms in total. The third-order valence-corrected chi connectivity index (χ3v) is 9.45. The van der Waals surface area contributed by atoms with Gasteiger partial charge in [0.1, 0.15) is 0 Å². The van der Waals surface area contributed by atoms with Gasteiger partial charge in [0.2, 0.25) is 0 Å². The van der Waals surface area contributed by atoms with Gasteiger partial charge < -0.3 is 9.80 Å². The molecule has 0 bridgehead atoms. The average molecular weight is 419 g/mol. The summed E-state index contributed by atoms with van der Waals surface area (Å²) in [6, 6.07) is 12.6. The van der Waals surface area contributed by atoms with Crippen molar-refractivity contribution in [3.05, 3.63) is 41.5 Å². The molecule has 6 rings (SSSR count). The normalized spacial score (nSPS) is 23.7.